The lowest BCUT2D eigenvalue weighted by Gasteiger charge is -2.03. The van der Waals surface area contributed by atoms with Crippen molar-refractivity contribution < 1.29 is 4.79 Å². The van der Waals surface area contributed by atoms with Gasteiger partial charge in [0.15, 0.2) is 0 Å². The van der Waals surface area contributed by atoms with E-state index >= 15 is 0 Å². The number of amides is 1. The number of hydrogen-bond acceptors (Lipinski definition) is 2. The summed E-state index contributed by atoms with van der Waals surface area (Å²) in [6, 6.07) is 9.69. The third-order valence-corrected chi connectivity index (χ3v) is 3.28. The van der Waals surface area contributed by atoms with Crippen LogP contribution in [0.4, 0.5) is 5.69 Å². The van der Waals surface area contributed by atoms with Crippen LogP contribution in [-0.2, 0) is 0 Å². The van der Waals surface area contributed by atoms with E-state index in [2.05, 4.69) is 5.32 Å². The lowest BCUT2D eigenvalue weighted by atomic mass is 10.2. The van der Waals surface area contributed by atoms with E-state index in [0.717, 1.165) is 21.7 Å². The molecule has 0 fully saturated rings. The molecule has 0 spiro atoms. The van der Waals surface area contributed by atoms with Crippen LogP contribution in [0, 0.1) is 13.8 Å². The molecule has 0 unspecified atom stereocenters. The third-order valence-electron chi connectivity index (χ3n) is 2.23. The SMILES string of the molecule is Cc1cccc(NC(=O)c2cc(C)cs2)c1. The number of anilines is 1. The summed E-state index contributed by atoms with van der Waals surface area (Å²) in [4.78, 5) is 12.6. The van der Waals surface area contributed by atoms with Crippen molar-refractivity contribution in [2.24, 2.45) is 0 Å². The molecule has 16 heavy (non-hydrogen) atoms. The van der Waals surface area contributed by atoms with Gasteiger partial charge in [0.2, 0.25) is 0 Å². The quantitative estimate of drug-likeness (QED) is 0.840. The molecule has 0 atom stereocenters. The molecule has 1 heterocycles. The Morgan fingerprint density at radius 3 is 2.62 bits per heavy atom. The van der Waals surface area contributed by atoms with Crippen molar-refractivity contribution in [1.29, 1.82) is 0 Å². The maximum atomic E-state index is 11.8. The lowest BCUT2D eigenvalue weighted by molar-refractivity contribution is 0.103. The maximum Gasteiger partial charge on any atom is 0.265 e. The van der Waals surface area contributed by atoms with E-state index in [1.807, 2.05) is 49.6 Å². The van der Waals surface area contributed by atoms with Crippen LogP contribution in [0.25, 0.3) is 0 Å². The number of nitrogens with one attached hydrogen (secondary N) is 1. The highest BCUT2D eigenvalue weighted by Crippen LogP contribution is 2.16. The van der Waals surface area contributed by atoms with Crippen molar-refractivity contribution in [2.75, 3.05) is 5.32 Å². The molecule has 2 nitrogen and oxygen atoms in total. The average Bonchev–Trinajstić information content (AvgIpc) is 2.65. The van der Waals surface area contributed by atoms with Crippen LogP contribution in [0.1, 0.15) is 20.8 Å². The molecule has 0 aliphatic carbocycles. The molecule has 0 radical (unpaired) electrons. The third kappa shape index (κ3) is 2.49. The molecule has 1 amide bonds. The molecule has 2 rings (SSSR count). The number of thiophene rings is 1. The predicted octanol–water partition coefficient (Wildman–Crippen LogP) is 3.62. The minimum Gasteiger partial charge on any atom is -0.321 e. The molecule has 1 aromatic heterocycles. The minimum atomic E-state index is -0.0382. The standard InChI is InChI=1S/C13H13NOS/c1-9-4-3-5-11(6-9)14-13(15)12-7-10(2)8-16-12/h3-8H,1-2H3,(H,14,15). The molecule has 0 saturated heterocycles. The van der Waals surface area contributed by atoms with Gasteiger partial charge in [0.05, 0.1) is 4.88 Å². The molecule has 1 N–H and O–H groups in total. The van der Waals surface area contributed by atoms with Gasteiger partial charge in [-0.2, -0.15) is 0 Å². The fourth-order valence-electron chi connectivity index (χ4n) is 1.47. The summed E-state index contributed by atoms with van der Waals surface area (Å²) in [5.41, 5.74) is 3.11. The summed E-state index contributed by atoms with van der Waals surface area (Å²) in [6.07, 6.45) is 0. The van der Waals surface area contributed by atoms with Crippen LogP contribution in [-0.4, -0.2) is 5.91 Å². The smallest absolute Gasteiger partial charge is 0.265 e. The van der Waals surface area contributed by atoms with Gasteiger partial charge in [-0.05, 0) is 48.6 Å². The molecule has 0 aliphatic rings. The summed E-state index contributed by atoms with van der Waals surface area (Å²) >= 11 is 1.47. The number of carbonyl (C=O) groups is 1. The van der Waals surface area contributed by atoms with Gasteiger partial charge in [-0.15, -0.1) is 11.3 Å². The summed E-state index contributed by atoms with van der Waals surface area (Å²) < 4.78 is 0. The summed E-state index contributed by atoms with van der Waals surface area (Å²) in [5, 5.41) is 4.86. The highest BCUT2D eigenvalue weighted by Gasteiger charge is 2.07. The molecular formula is C13H13NOS. The molecule has 0 bridgehead atoms. The van der Waals surface area contributed by atoms with E-state index in [-0.39, 0.29) is 5.91 Å². The first-order chi connectivity index (χ1) is 7.65. The molecule has 0 saturated carbocycles. The maximum absolute atomic E-state index is 11.8. The van der Waals surface area contributed by atoms with Gasteiger partial charge in [-0.3, -0.25) is 4.79 Å². The van der Waals surface area contributed by atoms with Gasteiger partial charge in [-0.25, -0.2) is 0 Å². The molecular weight excluding hydrogens is 218 g/mol. The van der Waals surface area contributed by atoms with Crippen LogP contribution in [0.5, 0.6) is 0 Å². The van der Waals surface area contributed by atoms with E-state index in [0.29, 0.717) is 0 Å². The Balaban J connectivity index is 2.13. The number of carbonyl (C=O) groups excluding carboxylic acids is 1. The van der Waals surface area contributed by atoms with Crippen molar-refractivity contribution in [3.05, 3.63) is 51.7 Å². The summed E-state index contributed by atoms with van der Waals surface area (Å²) in [5.74, 6) is -0.0382. The van der Waals surface area contributed by atoms with Gasteiger partial charge in [0.25, 0.3) is 5.91 Å². The first kappa shape index (κ1) is 10.9. The van der Waals surface area contributed by atoms with Crippen molar-refractivity contribution in [3.63, 3.8) is 0 Å². The van der Waals surface area contributed by atoms with Crippen LogP contribution < -0.4 is 5.32 Å². The van der Waals surface area contributed by atoms with E-state index in [4.69, 9.17) is 0 Å². The fraction of sp³-hybridized carbons (Fsp3) is 0.154. The van der Waals surface area contributed by atoms with Crippen LogP contribution in [0.15, 0.2) is 35.7 Å². The Hall–Kier alpha value is -1.61. The monoisotopic (exact) mass is 231 g/mol. The Morgan fingerprint density at radius 2 is 2.00 bits per heavy atom. The van der Waals surface area contributed by atoms with E-state index in [1.54, 1.807) is 0 Å². The number of benzene rings is 1. The zero-order valence-electron chi connectivity index (χ0n) is 9.28. The topological polar surface area (TPSA) is 29.1 Å². The fourth-order valence-corrected chi connectivity index (χ4v) is 2.26. The van der Waals surface area contributed by atoms with Crippen molar-refractivity contribution in [3.8, 4) is 0 Å². The van der Waals surface area contributed by atoms with E-state index in [1.165, 1.54) is 11.3 Å². The zero-order valence-corrected chi connectivity index (χ0v) is 10.1. The summed E-state index contributed by atoms with van der Waals surface area (Å²) in [6.45, 7) is 3.99. The van der Waals surface area contributed by atoms with Gasteiger partial charge < -0.3 is 5.32 Å². The normalized spacial score (nSPS) is 10.1. The van der Waals surface area contributed by atoms with E-state index in [9.17, 15) is 4.79 Å². The Bertz CT molecular complexity index is 516. The van der Waals surface area contributed by atoms with Crippen LogP contribution in [0.2, 0.25) is 0 Å². The van der Waals surface area contributed by atoms with Gasteiger partial charge in [0, 0.05) is 5.69 Å². The Kier molecular flexibility index (Phi) is 3.06. The van der Waals surface area contributed by atoms with Gasteiger partial charge in [-0.1, -0.05) is 12.1 Å². The highest BCUT2D eigenvalue weighted by atomic mass is 32.1. The van der Waals surface area contributed by atoms with Crippen molar-refractivity contribution in [2.45, 2.75) is 13.8 Å². The van der Waals surface area contributed by atoms with Gasteiger partial charge >= 0.3 is 0 Å². The molecule has 1 aromatic carbocycles. The second kappa shape index (κ2) is 4.49. The number of aryl methyl sites for hydroxylation is 2. The molecule has 82 valence electrons. The molecule has 0 aliphatic heterocycles. The first-order valence-electron chi connectivity index (χ1n) is 5.08. The van der Waals surface area contributed by atoms with E-state index < -0.39 is 0 Å². The summed E-state index contributed by atoms with van der Waals surface area (Å²) in [7, 11) is 0. The largest absolute Gasteiger partial charge is 0.321 e. The molecule has 3 heteroatoms. The number of hydrogen-bond donors (Lipinski definition) is 1. The zero-order chi connectivity index (χ0) is 11.5. The lowest BCUT2D eigenvalue weighted by Crippen LogP contribution is -2.09. The van der Waals surface area contributed by atoms with Gasteiger partial charge in [0.1, 0.15) is 0 Å². The predicted molar refractivity (Wildman–Crippen MR) is 68.2 cm³/mol. The minimum absolute atomic E-state index is 0.0382. The number of rotatable bonds is 2. The Morgan fingerprint density at radius 1 is 1.19 bits per heavy atom. The highest BCUT2D eigenvalue weighted by molar-refractivity contribution is 7.12. The molecule has 2 aromatic rings. The van der Waals surface area contributed by atoms with Crippen molar-refractivity contribution >= 4 is 22.9 Å². The first-order valence-corrected chi connectivity index (χ1v) is 5.96. The van der Waals surface area contributed by atoms with Crippen LogP contribution >= 0.6 is 11.3 Å². The second-order valence-corrected chi connectivity index (χ2v) is 4.72. The Labute approximate surface area is 98.9 Å². The second-order valence-electron chi connectivity index (χ2n) is 3.81. The van der Waals surface area contributed by atoms with Crippen LogP contribution in [0.3, 0.4) is 0 Å². The van der Waals surface area contributed by atoms with Crippen molar-refractivity contribution in [1.82, 2.24) is 0 Å². The average molecular weight is 231 g/mol.